The topological polar surface area (TPSA) is 64.4 Å². The largest absolute Gasteiger partial charge is 0.484 e. The number of benzene rings is 3. The zero-order valence-electron chi connectivity index (χ0n) is 17.3. The minimum absolute atomic E-state index is 0.0538. The first-order valence-electron chi connectivity index (χ1n) is 9.88. The maximum atomic E-state index is 12.2. The number of amides is 1. The van der Waals surface area contributed by atoms with E-state index in [1.807, 2.05) is 72.8 Å². The highest BCUT2D eigenvalue weighted by Crippen LogP contribution is 2.26. The molecule has 0 unspecified atom stereocenters. The van der Waals surface area contributed by atoms with Crippen molar-refractivity contribution >= 4 is 22.7 Å². The second-order valence-electron chi connectivity index (χ2n) is 8.18. The van der Waals surface area contributed by atoms with Gasteiger partial charge in [-0.25, -0.2) is 4.98 Å². The van der Waals surface area contributed by atoms with E-state index in [0.717, 1.165) is 16.7 Å². The maximum Gasteiger partial charge on any atom is 0.262 e. The fourth-order valence-corrected chi connectivity index (χ4v) is 3.09. The van der Waals surface area contributed by atoms with E-state index in [1.54, 1.807) is 0 Å². The minimum Gasteiger partial charge on any atom is -0.484 e. The standard InChI is InChI=1S/C25H24N2O3/c1-25(2,3)18-10-14-20(15-11-18)29-16-23(28)26-19-12-8-17(9-13-19)24-27-21-6-4-5-7-22(21)30-24/h4-15H,16H2,1-3H3,(H,26,28). The van der Waals surface area contributed by atoms with Crippen LogP contribution in [0.2, 0.25) is 0 Å². The van der Waals surface area contributed by atoms with E-state index in [0.29, 0.717) is 17.3 Å². The lowest BCUT2D eigenvalue weighted by Gasteiger charge is -2.19. The molecule has 4 aromatic rings. The maximum absolute atomic E-state index is 12.2. The van der Waals surface area contributed by atoms with Crippen molar-refractivity contribution in [3.05, 3.63) is 78.4 Å². The molecule has 30 heavy (non-hydrogen) atoms. The number of para-hydroxylation sites is 2. The van der Waals surface area contributed by atoms with Gasteiger partial charge < -0.3 is 14.5 Å². The van der Waals surface area contributed by atoms with Gasteiger partial charge in [-0.05, 0) is 59.5 Å². The fourth-order valence-electron chi connectivity index (χ4n) is 3.09. The first-order valence-corrected chi connectivity index (χ1v) is 9.88. The third kappa shape index (κ3) is 4.51. The van der Waals surface area contributed by atoms with Crippen molar-refractivity contribution in [3.8, 4) is 17.2 Å². The molecule has 0 saturated carbocycles. The minimum atomic E-state index is -0.218. The quantitative estimate of drug-likeness (QED) is 0.459. The van der Waals surface area contributed by atoms with Gasteiger partial charge in [-0.15, -0.1) is 0 Å². The lowest BCUT2D eigenvalue weighted by Crippen LogP contribution is -2.20. The summed E-state index contributed by atoms with van der Waals surface area (Å²) in [5.74, 6) is 1.00. The van der Waals surface area contributed by atoms with E-state index in [4.69, 9.17) is 9.15 Å². The fraction of sp³-hybridized carbons (Fsp3) is 0.200. The number of aromatic nitrogens is 1. The van der Waals surface area contributed by atoms with Crippen molar-refractivity contribution in [3.63, 3.8) is 0 Å². The summed E-state index contributed by atoms with van der Waals surface area (Å²) in [5, 5.41) is 2.84. The number of fused-ring (bicyclic) bond motifs is 1. The van der Waals surface area contributed by atoms with Crippen LogP contribution >= 0.6 is 0 Å². The predicted octanol–water partition coefficient (Wildman–Crippen LogP) is 5.81. The van der Waals surface area contributed by atoms with Crippen LogP contribution in [0.3, 0.4) is 0 Å². The van der Waals surface area contributed by atoms with Crippen LogP contribution in [0, 0.1) is 0 Å². The predicted molar refractivity (Wildman–Crippen MR) is 119 cm³/mol. The van der Waals surface area contributed by atoms with Crippen LogP contribution in [0.1, 0.15) is 26.3 Å². The third-order valence-electron chi connectivity index (χ3n) is 4.80. The normalized spacial score (nSPS) is 11.4. The summed E-state index contributed by atoms with van der Waals surface area (Å²) >= 11 is 0. The van der Waals surface area contributed by atoms with Gasteiger partial charge in [0, 0.05) is 11.3 Å². The molecule has 0 aliphatic heterocycles. The SMILES string of the molecule is CC(C)(C)c1ccc(OCC(=O)Nc2ccc(-c3nc4ccccc4o3)cc2)cc1. The van der Waals surface area contributed by atoms with Crippen LogP contribution < -0.4 is 10.1 Å². The van der Waals surface area contributed by atoms with Gasteiger partial charge in [0.1, 0.15) is 11.3 Å². The summed E-state index contributed by atoms with van der Waals surface area (Å²) < 4.78 is 11.4. The highest BCUT2D eigenvalue weighted by Gasteiger charge is 2.13. The molecule has 0 aliphatic carbocycles. The summed E-state index contributed by atoms with van der Waals surface area (Å²) in [6.45, 7) is 6.42. The number of rotatable bonds is 5. The summed E-state index contributed by atoms with van der Waals surface area (Å²) in [6.07, 6.45) is 0. The van der Waals surface area contributed by atoms with Gasteiger partial charge in [-0.1, -0.05) is 45.0 Å². The molecule has 1 amide bonds. The van der Waals surface area contributed by atoms with Gasteiger partial charge in [0.15, 0.2) is 12.2 Å². The van der Waals surface area contributed by atoms with Crippen molar-refractivity contribution in [2.75, 3.05) is 11.9 Å². The Morgan fingerprint density at radius 1 is 0.967 bits per heavy atom. The van der Waals surface area contributed by atoms with Crippen LogP contribution in [0.5, 0.6) is 5.75 Å². The molecule has 0 radical (unpaired) electrons. The molecule has 0 spiro atoms. The summed E-state index contributed by atoms with van der Waals surface area (Å²) in [7, 11) is 0. The summed E-state index contributed by atoms with van der Waals surface area (Å²) in [4.78, 5) is 16.7. The van der Waals surface area contributed by atoms with E-state index in [2.05, 4.69) is 31.1 Å². The molecular weight excluding hydrogens is 376 g/mol. The van der Waals surface area contributed by atoms with Crippen LogP contribution in [0.4, 0.5) is 5.69 Å². The Morgan fingerprint density at radius 3 is 2.33 bits per heavy atom. The monoisotopic (exact) mass is 400 g/mol. The van der Waals surface area contributed by atoms with Crippen molar-refractivity contribution in [2.24, 2.45) is 0 Å². The zero-order chi connectivity index (χ0) is 21.1. The van der Waals surface area contributed by atoms with E-state index in [9.17, 15) is 4.79 Å². The van der Waals surface area contributed by atoms with Gasteiger partial charge >= 0.3 is 0 Å². The van der Waals surface area contributed by atoms with Gasteiger partial charge in [0.25, 0.3) is 5.91 Å². The summed E-state index contributed by atoms with van der Waals surface area (Å²) in [6, 6.07) is 22.8. The Morgan fingerprint density at radius 2 is 1.67 bits per heavy atom. The second kappa shape index (κ2) is 8.03. The van der Waals surface area contributed by atoms with E-state index < -0.39 is 0 Å². The number of anilines is 1. The Hall–Kier alpha value is -3.60. The molecule has 4 rings (SSSR count). The smallest absolute Gasteiger partial charge is 0.262 e. The number of hydrogen-bond donors (Lipinski definition) is 1. The molecule has 1 aromatic heterocycles. The molecule has 0 aliphatic rings. The Labute approximate surface area is 175 Å². The average molecular weight is 400 g/mol. The number of nitrogens with zero attached hydrogens (tertiary/aromatic N) is 1. The number of carbonyl (C=O) groups excluding carboxylic acids is 1. The van der Waals surface area contributed by atoms with E-state index in [1.165, 1.54) is 5.56 Å². The molecule has 1 heterocycles. The number of nitrogens with one attached hydrogen (secondary N) is 1. The zero-order valence-corrected chi connectivity index (χ0v) is 17.3. The molecule has 0 atom stereocenters. The lowest BCUT2D eigenvalue weighted by molar-refractivity contribution is -0.118. The third-order valence-corrected chi connectivity index (χ3v) is 4.80. The van der Waals surface area contributed by atoms with E-state index >= 15 is 0 Å². The van der Waals surface area contributed by atoms with Gasteiger partial charge in [-0.2, -0.15) is 0 Å². The Bertz CT molecular complexity index is 1120. The number of carbonyl (C=O) groups is 1. The van der Waals surface area contributed by atoms with Crippen LogP contribution in [-0.4, -0.2) is 17.5 Å². The summed E-state index contributed by atoms with van der Waals surface area (Å²) in [5.41, 5.74) is 4.40. The van der Waals surface area contributed by atoms with Crippen LogP contribution in [-0.2, 0) is 10.2 Å². The molecule has 152 valence electrons. The lowest BCUT2D eigenvalue weighted by atomic mass is 9.87. The van der Waals surface area contributed by atoms with Crippen LogP contribution in [0.15, 0.2) is 77.2 Å². The van der Waals surface area contributed by atoms with Crippen molar-refractivity contribution in [1.82, 2.24) is 4.98 Å². The molecule has 1 N–H and O–H groups in total. The molecule has 0 saturated heterocycles. The highest BCUT2D eigenvalue weighted by molar-refractivity contribution is 5.92. The number of ether oxygens (including phenoxy) is 1. The first kappa shape index (κ1) is 19.7. The number of oxazole rings is 1. The van der Waals surface area contributed by atoms with Gasteiger partial charge in [0.05, 0.1) is 0 Å². The average Bonchev–Trinajstić information content (AvgIpc) is 3.17. The molecule has 0 bridgehead atoms. The van der Waals surface area contributed by atoms with Crippen LogP contribution in [0.25, 0.3) is 22.6 Å². The van der Waals surface area contributed by atoms with E-state index in [-0.39, 0.29) is 17.9 Å². The first-order chi connectivity index (χ1) is 14.4. The molecule has 5 nitrogen and oxygen atoms in total. The Balaban J connectivity index is 1.34. The second-order valence-corrected chi connectivity index (χ2v) is 8.18. The van der Waals surface area contributed by atoms with Gasteiger partial charge in [0.2, 0.25) is 5.89 Å². The van der Waals surface area contributed by atoms with Crippen molar-refractivity contribution in [1.29, 1.82) is 0 Å². The molecule has 5 heteroatoms. The highest BCUT2D eigenvalue weighted by atomic mass is 16.5. The number of hydrogen-bond acceptors (Lipinski definition) is 4. The van der Waals surface area contributed by atoms with Crippen molar-refractivity contribution < 1.29 is 13.9 Å². The molecule has 3 aromatic carbocycles. The van der Waals surface area contributed by atoms with Crippen molar-refractivity contribution in [2.45, 2.75) is 26.2 Å². The van der Waals surface area contributed by atoms with Gasteiger partial charge in [-0.3, -0.25) is 4.79 Å². The molecule has 0 fully saturated rings. The molecular formula is C25H24N2O3. The Kier molecular flexibility index (Phi) is 5.27.